The second kappa shape index (κ2) is 3.89. The zero-order valence-electron chi connectivity index (χ0n) is 7.57. The molecule has 70 valence electrons. The van der Waals surface area contributed by atoms with Gasteiger partial charge in [-0.3, -0.25) is 0 Å². The van der Waals surface area contributed by atoms with Gasteiger partial charge in [0, 0.05) is 21.3 Å². The molecular weight excluding hydrogens is 160 g/mol. The predicted molar refractivity (Wildman–Crippen MR) is 42.6 cm³/mol. The van der Waals surface area contributed by atoms with Crippen LogP contribution in [-0.2, 0) is 18.9 Å². The molecule has 0 spiro atoms. The Kier molecular flexibility index (Phi) is 3.08. The molecule has 1 fully saturated rings. The van der Waals surface area contributed by atoms with Crippen molar-refractivity contribution in [2.45, 2.75) is 18.5 Å². The summed E-state index contributed by atoms with van der Waals surface area (Å²) in [7, 11) is 4.73. The molecule has 1 saturated heterocycles. The molecule has 0 aliphatic carbocycles. The first-order valence-corrected chi connectivity index (χ1v) is 3.68. The molecule has 3 atom stereocenters. The average molecular weight is 174 g/mol. The summed E-state index contributed by atoms with van der Waals surface area (Å²) in [6, 6.07) is 0. The highest BCUT2D eigenvalue weighted by Crippen LogP contribution is 2.27. The van der Waals surface area contributed by atoms with Crippen molar-refractivity contribution in [1.29, 1.82) is 0 Å². The van der Waals surface area contributed by atoms with E-state index in [1.165, 1.54) is 0 Å². The maximum Gasteiger partial charge on any atom is 0.228 e. The summed E-state index contributed by atoms with van der Waals surface area (Å²) in [4.78, 5) is 0. The van der Waals surface area contributed by atoms with Gasteiger partial charge in [-0.25, -0.2) is 0 Å². The van der Waals surface area contributed by atoms with Crippen molar-refractivity contribution in [2.24, 2.45) is 0 Å². The quantitative estimate of drug-likeness (QED) is 0.625. The Labute approximate surface area is 72.1 Å². The standard InChI is InChI=1S/C8H14O4/c1-5-6(9-2)7(10-3)8(11-4)12-5/h6-8H,1H2,2-4H3. The summed E-state index contributed by atoms with van der Waals surface area (Å²) in [6.45, 7) is 3.70. The highest BCUT2D eigenvalue weighted by Gasteiger charge is 2.41. The lowest BCUT2D eigenvalue weighted by Crippen LogP contribution is -2.33. The van der Waals surface area contributed by atoms with Gasteiger partial charge in [-0.1, -0.05) is 6.58 Å². The summed E-state index contributed by atoms with van der Waals surface area (Å²) in [6.07, 6.45) is -0.875. The molecule has 1 aliphatic heterocycles. The molecule has 0 N–H and O–H groups in total. The Bertz CT molecular complexity index is 168. The zero-order valence-corrected chi connectivity index (χ0v) is 7.57. The van der Waals surface area contributed by atoms with E-state index in [2.05, 4.69) is 6.58 Å². The summed E-state index contributed by atoms with van der Waals surface area (Å²) in [5.74, 6) is 0.552. The second-order valence-electron chi connectivity index (χ2n) is 2.54. The van der Waals surface area contributed by atoms with E-state index < -0.39 is 6.29 Å². The van der Waals surface area contributed by atoms with E-state index in [1.807, 2.05) is 0 Å². The Morgan fingerprint density at radius 3 is 2.25 bits per heavy atom. The van der Waals surface area contributed by atoms with E-state index >= 15 is 0 Å². The van der Waals surface area contributed by atoms with E-state index in [1.54, 1.807) is 21.3 Å². The lowest BCUT2D eigenvalue weighted by atomic mass is 10.2. The molecule has 0 aromatic rings. The van der Waals surface area contributed by atoms with Crippen LogP contribution in [0.1, 0.15) is 0 Å². The molecule has 0 aromatic heterocycles. The fourth-order valence-corrected chi connectivity index (χ4v) is 1.29. The number of methoxy groups -OCH3 is 3. The first-order chi connectivity index (χ1) is 5.74. The first kappa shape index (κ1) is 9.51. The summed E-state index contributed by atoms with van der Waals surface area (Å²) >= 11 is 0. The largest absolute Gasteiger partial charge is 0.464 e. The molecule has 1 heterocycles. The van der Waals surface area contributed by atoms with Crippen LogP contribution in [0.2, 0.25) is 0 Å². The van der Waals surface area contributed by atoms with Crippen molar-refractivity contribution in [3.05, 3.63) is 12.3 Å². The van der Waals surface area contributed by atoms with Gasteiger partial charge in [-0.05, 0) is 0 Å². The monoisotopic (exact) mass is 174 g/mol. The van der Waals surface area contributed by atoms with Crippen LogP contribution in [0.3, 0.4) is 0 Å². The Morgan fingerprint density at radius 1 is 1.17 bits per heavy atom. The topological polar surface area (TPSA) is 36.9 Å². The number of hydrogen-bond acceptors (Lipinski definition) is 4. The van der Waals surface area contributed by atoms with Crippen molar-refractivity contribution >= 4 is 0 Å². The van der Waals surface area contributed by atoms with Gasteiger partial charge in [-0.15, -0.1) is 0 Å². The lowest BCUT2D eigenvalue weighted by molar-refractivity contribution is -0.139. The maximum absolute atomic E-state index is 5.25. The van der Waals surface area contributed by atoms with Crippen molar-refractivity contribution < 1.29 is 18.9 Å². The third kappa shape index (κ3) is 1.46. The Hall–Kier alpha value is -0.580. The predicted octanol–water partition coefficient (Wildman–Crippen LogP) is 0.533. The molecule has 4 nitrogen and oxygen atoms in total. The number of ether oxygens (including phenoxy) is 4. The molecule has 0 radical (unpaired) electrons. The molecule has 3 unspecified atom stereocenters. The van der Waals surface area contributed by atoms with Gasteiger partial charge in [-0.2, -0.15) is 0 Å². The average Bonchev–Trinajstić information content (AvgIpc) is 2.40. The van der Waals surface area contributed by atoms with Crippen LogP contribution >= 0.6 is 0 Å². The van der Waals surface area contributed by atoms with Gasteiger partial charge < -0.3 is 18.9 Å². The first-order valence-electron chi connectivity index (χ1n) is 3.68. The SMILES string of the molecule is C=C1OC(OC)C(OC)C1OC. The van der Waals surface area contributed by atoms with Crippen LogP contribution in [0.25, 0.3) is 0 Å². The third-order valence-electron chi connectivity index (χ3n) is 1.91. The third-order valence-corrected chi connectivity index (χ3v) is 1.91. The summed E-state index contributed by atoms with van der Waals surface area (Å²) in [5.41, 5.74) is 0. The highest BCUT2D eigenvalue weighted by molar-refractivity contribution is 5.05. The van der Waals surface area contributed by atoms with Gasteiger partial charge in [0.1, 0.15) is 11.9 Å². The van der Waals surface area contributed by atoms with Crippen molar-refractivity contribution in [1.82, 2.24) is 0 Å². The van der Waals surface area contributed by atoms with Crippen LogP contribution in [0.4, 0.5) is 0 Å². The van der Waals surface area contributed by atoms with E-state index in [0.717, 1.165) is 0 Å². The molecule has 12 heavy (non-hydrogen) atoms. The minimum atomic E-state index is -0.410. The second-order valence-corrected chi connectivity index (χ2v) is 2.54. The van der Waals surface area contributed by atoms with Gasteiger partial charge in [0.15, 0.2) is 6.10 Å². The van der Waals surface area contributed by atoms with Gasteiger partial charge in [0.25, 0.3) is 0 Å². The fourth-order valence-electron chi connectivity index (χ4n) is 1.29. The van der Waals surface area contributed by atoms with Crippen molar-refractivity contribution in [3.63, 3.8) is 0 Å². The fraction of sp³-hybridized carbons (Fsp3) is 0.750. The van der Waals surface area contributed by atoms with Crippen LogP contribution < -0.4 is 0 Å². The highest BCUT2D eigenvalue weighted by atomic mass is 16.7. The number of hydrogen-bond donors (Lipinski definition) is 0. The van der Waals surface area contributed by atoms with Crippen LogP contribution in [0, 0.1) is 0 Å². The molecule has 0 bridgehead atoms. The van der Waals surface area contributed by atoms with Crippen LogP contribution in [0.5, 0.6) is 0 Å². The Morgan fingerprint density at radius 2 is 1.83 bits per heavy atom. The smallest absolute Gasteiger partial charge is 0.228 e. The van der Waals surface area contributed by atoms with E-state index in [0.29, 0.717) is 5.76 Å². The molecule has 1 rings (SSSR count). The molecule has 4 heteroatoms. The van der Waals surface area contributed by atoms with Gasteiger partial charge >= 0.3 is 0 Å². The Balaban J connectivity index is 2.68. The molecule has 0 amide bonds. The molecule has 1 aliphatic rings. The summed E-state index contributed by atoms with van der Waals surface area (Å²) in [5, 5.41) is 0. The minimum Gasteiger partial charge on any atom is -0.464 e. The maximum atomic E-state index is 5.25. The number of rotatable bonds is 3. The zero-order chi connectivity index (χ0) is 9.14. The normalized spacial score (nSPS) is 35.2. The van der Waals surface area contributed by atoms with Crippen LogP contribution in [0.15, 0.2) is 12.3 Å². The van der Waals surface area contributed by atoms with Crippen molar-refractivity contribution in [2.75, 3.05) is 21.3 Å². The van der Waals surface area contributed by atoms with E-state index in [9.17, 15) is 0 Å². The molecular formula is C8H14O4. The van der Waals surface area contributed by atoms with Crippen LogP contribution in [-0.4, -0.2) is 39.8 Å². The summed E-state index contributed by atoms with van der Waals surface area (Å²) < 4.78 is 20.6. The van der Waals surface area contributed by atoms with E-state index in [-0.39, 0.29) is 12.2 Å². The van der Waals surface area contributed by atoms with E-state index in [4.69, 9.17) is 18.9 Å². The lowest BCUT2D eigenvalue weighted by Gasteiger charge is -2.17. The van der Waals surface area contributed by atoms with Crippen molar-refractivity contribution in [3.8, 4) is 0 Å². The molecule has 0 aromatic carbocycles. The van der Waals surface area contributed by atoms with Gasteiger partial charge in [0.05, 0.1) is 0 Å². The molecule has 0 saturated carbocycles. The minimum absolute atomic E-state index is 0.229. The van der Waals surface area contributed by atoms with Gasteiger partial charge in [0.2, 0.25) is 6.29 Å².